The van der Waals surface area contributed by atoms with Gasteiger partial charge in [0.2, 0.25) is 5.89 Å². The molecule has 0 bridgehead atoms. The van der Waals surface area contributed by atoms with Crippen LogP contribution in [-0.2, 0) is 6.54 Å². The molecular formula is C11H9F3N2O. The van der Waals surface area contributed by atoms with Crippen LogP contribution >= 0.6 is 0 Å². The SMILES string of the molecule is CNCc1ncc(-c2cc(F)c(F)c(F)c2)o1. The first-order chi connectivity index (χ1) is 8.11. The maximum atomic E-state index is 13.0. The lowest BCUT2D eigenvalue weighted by Crippen LogP contribution is -2.04. The van der Waals surface area contributed by atoms with E-state index >= 15 is 0 Å². The Morgan fingerprint density at radius 1 is 1.24 bits per heavy atom. The van der Waals surface area contributed by atoms with Crippen LogP contribution in [0.25, 0.3) is 11.3 Å². The summed E-state index contributed by atoms with van der Waals surface area (Å²) in [6.45, 7) is 0.395. The van der Waals surface area contributed by atoms with Crippen molar-refractivity contribution in [3.63, 3.8) is 0 Å². The molecule has 6 heteroatoms. The van der Waals surface area contributed by atoms with Gasteiger partial charge in [0, 0.05) is 5.56 Å². The van der Waals surface area contributed by atoms with Crippen molar-refractivity contribution in [3.8, 4) is 11.3 Å². The Balaban J connectivity index is 2.39. The Morgan fingerprint density at radius 3 is 2.47 bits per heavy atom. The van der Waals surface area contributed by atoms with Crippen molar-refractivity contribution in [2.75, 3.05) is 7.05 Å². The molecule has 3 nitrogen and oxygen atoms in total. The summed E-state index contributed by atoms with van der Waals surface area (Å²) in [6.07, 6.45) is 1.33. The molecule has 2 rings (SSSR count). The minimum Gasteiger partial charge on any atom is -0.439 e. The molecule has 90 valence electrons. The molecule has 1 aromatic carbocycles. The lowest BCUT2D eigenvalue weighted by atomic mass is 10.1. The van der Waals surface area contributed by atoms with Crippen LogP contribution in [-0.4, -0.2) is 12.0 Å². The molecule has 0 fully saturated rings. The molecule has 0 atom stereocenters. The van der Waals surface area contributed by atoms with Crippen LogP contribution < -0.4 is 5.32 Å². The summed E-state index contributed by atoms with van der Waals surface area (Å²) < 4.78 is 44.0. The van der Waals surface area contributed by atoms with E-state index in [0.29, 0.717) is 12.4 Å². The monoisotopic (exact) mass is 242 g/mol. The van der Waals surface area contributed by atoms with Gasteiger partial charge in [-0.3, -0.25) is 0 Å². The van der Waals surface area contributed by atoms with Gasteiger partial charge in [0.05, 0.1) is 12.7 Å². The minimum atomic E-state index is -1.50. The second-order valence-electron chi connectivity index (χ2n) is 3.40. The summed E-state index contributed by atoms with van der Waals surface area (Å²) in [5.74, 6) is -3.44. The highest BCUT2D eigenvalue weighted by atomic mass is 19.2. The fraction of sp³-hybridized carbons (Fsp3) is 0.182. The molecule has 2 aromatic rings. The fourth-order valence-electron chi connectivity index (χ4n) is 1.37. The molecular weight excluding hydrogens is 233 g/mol. The highest BCUT2D eigenvalue weighted by molar-refractivity contribution is 5.56. The maximum Gasteiger partial charge on any atom is 0.208 e. The van der Waals surface area contributed by atoms with Crippen molar-refractivity contribution in [2.45, 2.75) is 6.54 Å². The first-order valence-electron chi connectivity index (χ1n) is 4.86. The summed E-state index contributed by atoms with van der Waals surface area (Å²) >= 11 is 0. The van der Waals surface area contributed by atoms with Crippen LogP contribution in [0.4, 0.5) is 13.2 Å². The standard InChI is InChI=1S/C11H9F3N2O/c1-15-5-10-16-4-9(17-10)6-2-7(12)11(14)8(13)3-6/h2-4,15H,5H2,1H3. The van der Waals surface area contributed by atoms with Gasteiger partial charge in [0.15, 0.2) is 23.2 Å². The largest absolute Gasteiger partial charge is 0.439 e. The lowest BCUT2D eigenvalue weighted by Gasteiger charge is -1.99. The van der Waals surface area contributed by atoms with E-state index in [2.05, 4.69) is 10.3 Å². The summed E-state index contributed by atoms with van der Waals surface area (Å²) in [4.78, 5) is 3.90. The number of nitrogens with zero attached hydrogens (tertiary/aromatic N) is 1. The van der Waals surface area contributed by atoms with E-state index in [9.17, 15) is 13.2 Å². The normalized spacial score (nSPS) is 10.8. The second-order valence-corrected chi connectivity index (χ2v) is 3.40. The van der Waals surface area contributed by atoms with Crippen molar-refractivity contribution in [2.24, 2.45) is 0 Å². The Kier molecular flexibility index (Phi) is 3.14. The second kappa shape index (κ2) is 4.58. The van der Waals surface area contributed by atoms with Gasteiger partial charge in [-0.05, 0) is 19.2 Å². The Labute approximate surface area is 95.3 Å². The third-order valence-electron chi connectivity index (χ3n) is 2.15. The van der Waals surface area contributed by atoms with Crippen LogP contribution in [0.5, 0.6) is 0 Å². The zero-order chi connectivity index (χ0) is 12.4. The van der Waals surface area contributed by atoms with Gasteiger partial charge in [0.25, 0.3) is 0 Å². The third kappa shape index (κ3) is 2.31. The quantitative estimate of drug-likeness (QED) is 0.840. The van der Waals surface area contributed by atoms with E-state index in [1.165, 1.54) is 6.20 Å². The molecule has 1 aromatic heterocycles. The molecule has 0 aliphatic heterocycles. The Bertz CT molecular complexity index is 516. The van der Waals surface area contributed by atoms with E-state index < -0.39 is 17.5 Å². The number of rotatable bonds is 3. The van der Waals surface area contributed by atoms with Gasteiger partial charge in [0.1, 0.15) is 0 Å². The molecule has 0 unspecified atom stereocenters. The van der Waals surface area contributed by atoms with E-state index in [1.54, 1.807) is 7.05 Å². The van der Waals surface area contributed by atoms with E-state index in [-0.39, 0.29) is 11.3 Å². The highest BCUT2D eigenvalue weighted by Crippen LogP contribution is 2.24. The molecule has 0 aliphatic carbocycles. The van der Waals surface area contributed by atoms with Gasteiger partial charge in [-0.25, -0.2) is 18.2 Å². The molecule has 17 heavy (non-hydrogen) atoms. The fourth-order valence-corrected chi connectivity index (χ4v) is 1.37. The average Bonchev–Trinajstić information content (AvgIpc) is 2.74. The molecule has 0 radical (unpaired) electrons. The minimum absolute atomic E-state index is 0.108. The topological polar surface area (TPSA) is 38.1 Å². The third-order valence-corrected chi connectivity index (χ3v) is 2.15. The lowest BCUT2D eigenvalue weighted by molar-refractivity contribution is 0.446. The summed E-state index contributed by atoms with van der Waals surface area (Å²) in [5.41, 5.74) is 0.108. The first kappa shape index (κ1) is 11.7. The summed E-state index contributed by atoms with van der Waals surface area (Å²) in [5, 5.41) is 2.82. The van der Waals surface area contributed by atoms with Crippen molar-refractivity contribution < 1.29 is 17.6 Å². The van der Waals surface area contributed by atoms with Crippen molar-refractivity contribution >= 4 is 0 Å². The van der Waals surface area contributed by atoms with Gasteiger partial charge >= 0.3 is 0 Å². The van der Waals surface area contributed by atoms with Crippen LogP contribution in [0.1, 0.15) is 5.89 Å². The zero-order valence-corrected chi connectivity index (χ0v) is 8.93. The van der Waals surface area contributed by atoms with E-state index in [4.69, 9.17) is 4.42 Å². The van der Waals surface area contributed by atoms with Gasteiger partial charge < -0.3 is 9.73 Å². The Hall–Kier alpha value is -1.82. The predicted octanol–water partition coefficient (Wildman–Crippen LogP) is 2.48. The van der Waals surface area contributed by atoms with Crippen molar-refractivity contribution in [3.05, 3.63) is 41.7 Å². The predicted molar refractivity (Wildman–Crippen MR) is 54.6 cm³/mol. The first-order valence-corrected chi connectivity index (χ1v) is 4.86. The summed E-state index contributed by atoms with van der Waals surface area (Å²) in [6, 6.07) is 1.73. The van der Waals surface area contributed by atoms with E-state index in [0.717, 1.165) is 12.1 Å². The smallest absolute Gasteiger partial charge is 0.208 e. The number of nitrogens with one attached hydrogen (secondary N) is 1. The van der Waals surface area contributed by atoms with Crippen LogP contribution in [0.3, 0.4) is 0 Å². The van der Waals surface area contributed by atoms with Crippen molar-refractivity contribution in [1.82, 2.24) is 10.3 Å². The molecule has 1 N–H and O–H groups in total. The van der Waals surface area contributed by atoms with Crippen LogP contribution in [0.2, 0.25) is 0 Å². The molecule has 0 amide bonds. The van der Waals surface area contributed by atoms with Crippen LogP contribution in [0, 0.1) is 17.5 Å². The number of oxazole rings is 1. The van der Waals surface area contributed by atoms with Gasteiger partial charge in [-0.1, -0.05) is 0 Å². The average molecular weight is 242 g/mol. The van der Waals surface area contributed by atoms with E-state index in [1.807, 2.05) is 0 Å². The molecule has 1 heterocycles. The molecule has 0 saturated heterocycles. The Morgan fingerprint density at radius 2 is 1.88 bits per heavy atom. The number of hydrogen-bond acceptors (Lipinski definition) is 3. The molecule has 0 spiro atoms. The van der Waals surface area contributed by atoms with Gasteiger partial charge in [-0.15, -0.1) is 0 Å². The number of halogens is 3. The maximum absolute atomic E-state index is 13.0. The number of benzene rings is 1. The number of aromatic nitrogens is 1. The number of hydrogen-bond donors (Lipinski definition) is 1. The molecule has 0 saturated carbocycles. The van der Waals surface area contributed by atoms with Crippen molar-refractivity contribution in [1.29, 1.82) is 0 Å². The zero-order valence-electron chi connectivity index (χ0n) is 8.93. The highest BCUT2D eigenvalue weighted by Gasteiger charge is 2.14. The van der Waals surface area contributed by atoms with Gasteiger partial charge in [-0.2, -0.15) is 0 Å². The summed E-state index contributed by atoms with van der Waals surface area (Å²) in [7, 11) is 1.71. The van der Waals surface area contributed by atoms with Crippen LogP contribution in [0.15, 0.2) is 22.7 Å². The molecule has 0 aliphatic rings.